The number of rotatable bonds is 1. The first kappa shape index (κ1) is 11.0. The maximum atomic E-state index is 14.8. The Hall–Kier alpha value is -0.125. The lowest BCUT2D eigenvalue weighted by Crippen LogP contribution is -2.47. The smallest absolute Gasteiger partial charge is 0.148 e. The van der Waals surface area contributed by atoms with Crippen molar-refractivity contribution in [1.29, 1.82) is 0 Å². The first-order valence-corrected chi connectivity index (χ1v) is 6.56. The molecule has 0 aromatic heterocycles. The summed E-state index contributed by atoms with van der Waals surface area (Å²) in [5.41, 5.74) is -0.989. The van der Waals surface area contributed by atoms with E-state index in [0.29, 0.717) is 25.6 Å². The molecule has 5 heteroatoms. The van der Waals surface area contributed by atoms with E-state index >= 15 is 0 Å². The van der Waals surface area contributed by atoms with E-state index in [4.69, 9.17) is 0 Å². The van der Waals surface area contributed by atoms with Crippen molar-refractivity contribution in [2.45, 2.75) is 18.4 Å². The van der Waals surface area contributed by atoms with E-state index in [9.17, 15) is 4.39 Å². The molecule has 3 nitrogen and oxygen atoms in total. The maximum absolute atomic E-state index is 14.8. The second kappa shape index (κ2) is 3.96. The van der Waals surface area contributed by atoms with E-state index in [2.05, 4.69) is 21.5 Å². The van der Waals surface area contributed by atoms with Gasteiger partial charge in [0.15, 0.2) is 0 Å². The zero-order valence-electron chi connectivity index (χ0n) is 10.2. The molecule has 0 radical (unpaired) electrons. The zero-order chi connectivity index (χ0) is 11.2. The summed E-state index contributed by atoms with van der Waals surface area (Å²) in [6, 6.07) is 0. The van der Waals surface area contributed by atoms with Crippen LogP contribution in [-0.4, -0.2) is 85.9 Å². The molecule has 0 spiro atoms. The summed E-state index contributed by atoms with van der Waals surface area (Å²) in [5.74, 6) is 0.565. The van der Waals surface area contributed by atoms with Gasteiger partial charge in [0, 0.05) is 52.4 Å². The van der Waals surface area contributed by atoms with Crippen molar-refractivity contribution in [3.63, 3.8) is 0 Å². The monoisotopic (exact) mass is 225 g/mol. The van der Waals surface area contributed by atoms with Crippen molar-refractivity contribution in [2.24, 2.45) is 0 Å². The molecule has 5 atom stereocenters. The van der Waals surface area contributed by atoms with Gasteiger partial charge in [-0.1, -0.05) is 6.82 Å². The molecule has 3 rings (SSSR count). The van der Waals surface area contributed by atoms with Crippen molar-refractivity contribution >= 4 is 7.28 Å². The minimum Gasteiger partial charge on any atom is -0.302 e. The van der Waals surface area contributed by atoms with Gasteiger partial charge in [0.25, 0.3) is 0 Å². The number of halogens is 1. The Labute approximate surface area is 97.8 Å². The van der Waals surface area contributed by atoms with E-state index in [0.717, 1.165) is 40.0 Å². The normalized spacial score (nSPS) is 51.9. The predicted molar refractivity (Wildman–Crippen MR) is 65.1 cm³/mol. The fourth-order valence-corrected chi connectivity index (χ4v) is 3.56. The van der Waals surface area contributed by atoms with E-state index in [-0.39, 0.29) is 0 Å². The number of fused-ring (bicyclic) bond motifs is 3. The highest BCUT2D eigenvalue weighted by atomic mass is 19.1. The van der Waals surface area contributed by atoms with Crippen LogP contribution in [0.3, 0.4) is 0 Å². The van der Waals surface area contributed by atoms with E-state index in [1.165, 1.54) is 0 Å². The van der Waals surface area contributed by atoms with Crippen LogP contribution in [0.4, 0.5) is 4.39 Å². The summed E-state index contributed by atoms with van der Waals surface area (Å²) in [6.07, 6.45) is 0. The summed E-state index contributed by atoms with van der Waals surface area (Å²) in [5, 5.41) is 0. The molecule has 0 aromatic carbocycles. The Morgan fingerprint density at radius 3 is 2.56 bits per heavy atom. The third-order valence-electron chi connectivity index (χ3n) is 4.39. The molecule has 3 fully saturated rings. The van der Waals surface area contributed by atoms with Gasteiger partial charge >= 0.3 is 0 Å². The average molecular weight is 225 g/mol. The largest absolute Gasteiger partial charge is 0.302 e. The van der Waals surface area contributed by atoms with Crippen LogP contribution in [-0.2, 0) is 0 Å². The van der Waals surface area contributed by atoms with Crippen LogP contribution in [0.25, 0.3) is 0 Å². The van der Waals surface area contributed by atoms with Gasteiger partial charge in [-0.2, -0.15) is 0 Å². The molecule has 3 saturated heterocycles. The number of hydrogen-bond acceptors (Lipinski definition) is 3. The van der Waals surface area contributed by atoms with E-state index in [1.54, 1.807) is 0 Å². The van der Waals surface area contributed by atoms with Crippen molar-refractivity contribution in [2.75, 3.05) is 52.4 Å². The predicted octanol–water partition coefficient (Wildman–Crippen LogP) is -0.548. The highest BCUT2D eigenvalue weighted by Crippen LogP contribution is 2.27. The Morgan fingerprint density at radius 2 is 1.75 bits per heavy atom. The second-order valence-electron chi connectivity index (χ2n) is 5.69. The van der Waals surface area contributed by atoms with Crippen LogP contribution < -0.4 is 0 Å². The van der Waals surface area contributed by atoms with Gasteiger partial charge in [-0.25, -0.2) is 4.39 Å². The maximum Gasteiger partial charge on any atom is 0.148 e. The van der Waals surface area contributed by atoms with Crippen molar-refractivity contribution < 1.29 is 4.39 Å². The molecular weight excluding hydrogens is 204 g/mol. The molecule has 3 aliphatic rings. The highest BCUT2D eigenvalue weighted by Gasteiger charge is 2.44. The quantitative estimate of drug-likeness (QED) is 0.554. The molecule has 0 N–H and O–H groups in total. The van der Waals surface area contributed by atoms with Gasteiger partial charge in [0.1, 0.15) is 12.9 Å². The molecular formula is C11H21BFN3. The van der Waals surface area contributed by atoms with Gasteiger partial charge in [0.2, 0.25) is 0 Å². The topological polar surface area (TPSA) is 9.72 Å². The van der Waals surface area contributed by atoms with Crippen molar-refractivity contribution in [3.05, 3.63) is 0 Å². The highest BCUT2D eigenvalue weighted by molar-refractivity contribution is 6.35. The third-order valence-corrected chi connectivity index (χ3v) is 4.39. The van der Waals surface area contributed by atoms with Gasteiger partial charge in [-0.3, -0.25) is 9.80 Å². The molecule has 0 aromatic rings. The Kier molecular flexibility index (Phi) is 2.72. The summed E-state index contributed by atoms with van der Waals surface area (Å²) in [7, 11) is 1.15. The van der Waals surface area contributed by atoms with Crippen molar-refractivity contribution in [1.82, 2.24) is 14.7 Å². The standard InChI is InChI=1S/C11H21BFN3/c1-12-10-6-15-3-2-14-4-5-16(10)9-11(13,7-14)8-15/h10,12H,2-9H2,1H3/t10?,11-/m0/s1. The van der Waals surface area contributed by atoms with Crippen LogP contribution in [0.2, 0.25) is 6.82 Å². The molecule has 16 heavy (non-hydrogen) atoms. The van der Waals surface area contributed by atoms with E-state index in [1.807, 2.05) is 0 Å². The van der Waals surface area contributed by atoms with Crippen LogP contribution in [0.1, 0.15) is 0 Å². The minimum atomic E-state index is -0.989. The first-order valence-electron chi connectivity index (χ1n) is 6.56. The Balaban J connectivity index is 1.93. The first-order chi connectivity index (χ1) is 7.68. The summed E-state index contributed by atoms with van der Waals surface area (Å²) < 4.78 is 14.8. The fraction of sp³-hybridized carbons (Fsp3) is 1.00. The fourth-order valence-electron chi connectivity index (χ4n) is 3.56. The number of nitrogens with zero attached hydrogens (tertiary/aromatic N) is 3. The summed E-state index contributed by atoms with van der Waals surface area (Å²) in [6.45, 7) is 9.45. The zero-order valence-corrected chi connectivity index (χ0v) is 10.2. The second-order valence-corrected chi connectivity index (χ2v) is 5.69. The molecule has 0 aliphatic carbocycles. The lowest BCUT2D eigenvalue weighted by atomic mass is 9.71. The van der Waals surface area contributed by atoms with Crippen LogP contribution in [0.15, 0.2) is 0 Å². The van der Waals surface area contributed by atoms with Crippen LogP contribution >= 0.6 is 0 Å². The third kappa shape index (κ3) is 1.89. The van der Waals surface area contributed by atoms with Gasteiger partial charge in [0.05, 0.1) is 0 Å². The molecule has 4 unspecified atom stereocenters. The lowest BCUT2D eigenvalue weighted by molar-refractivity contribution is 0.0960. The lowest BCUT2D eigenvalue weighted by Gasteiger charge is -2.29. The number of hydrogen-bond donors (Lipinski definition) is 0. The molecule has 0 saturated carbocycles. The van der Waals surface area contributed by atoms with Gasteiger partial charge in [-0.15, -0.1) is 0 Å². The summed E-state index contributed by atoms with van der Waals surface area (Å²) >= 11 is 0. The van der Waals surface area contributed by atoms with E-state index < -0.39 is 5.67 Å². The molecule has 0 amide bonds. The Morgan fingerprint density at radius 1 is 1.06 bits per heavy atom. The van der Waals surface area contributed by atoms with Crippen LogP contribution in [0, 0.1) is 0 Å². The van der Waals surface area contributed by atoms with Crippen LogP contribution in [0.5, 0.6) is 0 Å². The van der Waals surface area contributed by atoms with Crippen molar-refractivity contribution in [3.8, 4) is 0 Å². The Bertz CT molecular complexity index is 278. The molecule has 90 valence electrons. The van der Waals surface area contributed by atoms with Gasteiger partial charge < -0.3 is 4.90 Å². The number of alkyl halides is 1. The molecule has 4 bridgehead atoms. The van der Waals surface area contributed by atoms with Gasteiger partial charge in [-0.05, 0) is 5.94 Å². The average Bonchev–Trinajstić information content (AvgIpc) is 2.55. The molecule has 3 aliphatic heterocycles. The minimum absolute atomic E-state index is 0.565. The SMILES string of the molecule is CBC1CN2CCN3CCN1C[C@](F)(C3)C2. The molecule has 3 heterocycles. The summed E-state index contributed by atoms with van der Waals surface area (Å²) in [4.78, 5) is 7.06.